The van der Waals surface area contributed by atoms with Crippen LogP contribution in [0.3, 0.4) is 0 Å². The minimum absolute atomic E-state index is 0.821. The minimum atomic E-state index is 0.821. The van der Waals surface area contributed by atoms with E-state index < -0.39 is 0 Å². The molecule has 5 rings (SSSR count). The first kappa shape index (κ1) is 16.0. The molecule has 5 heteroatoms. The second-order valence-electron chi connectivity index (χ2n) is 8.66. The van der Waals surface area contributed by atoms with Gasteiger partial charge in [-0.05, 0) is 49.5 Å². The Hall–Kier alpha value is -1.20. The maximum absolute atomic E-state index is 4.43. The summed E-state index contributed by atoms with van der Waals surface area (Å²) in [4.78, 5) is 16.8. The van der Waals surface area contributed by atoms with Crippen molar-refractivity contribution in [1.82, 2.24) is 19.8 Å². The van der Waals surface area contributed by atoms with Gasteiger partial charge in [0.15, 0.2) is 0 Å². The van der Waals surface area contributed by atoms with Crippen LogP contribution in [0.15, 0.2) is 18.5 Å². The number of hydrogen-bond acceptors (Lipinski definition) is 5. The average Bonchev–Trinajstić information content (AvgIpc) is 3.38. The number of fused-ring (bicyclic) bond motifs is 1. The van der Waals surface area contributed by atoms with Crippen molar-refractivity contribution in [3.8, 4) is 0 Å². The van der Waals surface area contributed by atoms with Gasteiger partial charge in [-0.3, -0.25) is 4.90 Å². The quantitative estimate of drug-likeness (QED) is 0.838. The van der Waals surface area contributed by atoms with Crippen molar-refractivity contribution in [2.45, 2.75) is 38.1 Å². The van der Waals surface area contributed by atoms with Crippen LogP contribution < -0.4 is 4.90 Å². The van der Waals surface area contributed by atoms with Crippen molar-refractivity contribution in [2.24, 2.45) is 17.8 Å². The third-order valence-electron chi connectivity index (χ3n) is 6.97. The lowest BCUT2D eigenvalue weighted by molar-refractivity contribution is 0.0822. The van der Waals surface area contributed by atoms with Crippen LogP contribution in [0.1, 0.15) is 32.1 Å². The first-order valence-electron chi connectivity index (χ1n) is 10.4. The Bertz CT molecular complexity index is 567. The van der Waals surface area contributed by atoms with Gasteiger partial charge in [-0.25, -0.2) is 9.97 Å². The van der Waals surface area contributed by atoms with Crippen molar-refractivity contribution >= 4 is 5.95 Å². The molecule has 2 aliphatic carbocycles. The Balaban J connectivity index is 1.20. The van der Waals surface area contributed by atoms with Gasteiger partial charge in [0.1, 0.15) is 0 Å². The highest BCUT2D eigenvalue weighted by Gasteiger charge is 2.43. The fourth-order valence-corrected chi connectivity index (χ4v) is 5.51. The van der Waals surface area contributed by atoms with E-state index in [0.29, 0.717) is 0 Å². The predicted molar refractivity (Wildman–Crippen MR) is 99.6 cm³/mol. The van der Waals surface area contributed by atoms with Crippen LogP contribution in [-0.2, 0) is 0 Å². The van der Waals surface area contributed by atoms with Crippen molar-refractivity contribution < 1.29 is 0 Å². The molecule has 1 aromatic heterocycles. The molecule has 1 aromatic rings. The minimum Gasteiger partial charge on any atom is -0.338 e. The molecule has 3 heterocycles. The van der Waals surface area contributed by atoms with E-state index in [9.17, 15) is 0 Å². The normalized spacial score (nSPS) is 34.2. The number of piperazine rings is 1. The van der Waals surface area contributed by atoms with E-state index in [1.807, 2.05) is 18.5 Å². The second kappa shape index (κ2) is 6.84. The molecule has 0 radical (unpaired) electrons. The molecule has 136 valence electrons. The summed E-state index contributed by atoms with van der Waals surface area (Å²) in [6.07, 6.45) is 11.0. The summed E-state index contributed by atoms with van der Waals surface area (Å²) < 4.78 is 0. The Morgan fingerprint density at radius 1 is 0.920 bits per heavy atom. The molecular formula is C20H31N5. The molecule has 2 aliphatic heterocycles. The molecule has 0 spiro atoms. The average molecular weight is 342 g/mol. The lowest BCUT2D eigenvalue weighted by atomic mass is 9.77. The smallest absolute Gasteiger partial charge is 0.225 e. The summed E-state index contributed by atoms with van der Waals surface area (Å²) in [5, 5.41) is 0. The van der Waals surface area contributed by atoms with Crippen LogP contribution in [-0.4, -0.2) is 71.6 Å². The maximum Gasteiger partial charge on any atom is 0.225 e. The lowest BCUT2D eigenvalue weighted by Crippen LogP contribution is -2.54. The van der Waals surface area contributed by atoms with Crippen molar-refractivity contribution in [3.63, 3.8) is 0 Å². The first-order chi connectivity index (χ1) is 12.4. The van der Waals surface area contributed by atoms with Gasteiger partial charge >= 0.3 is 0 Å². The predicted octanol–water partition coefficient (Wildman–Crippen LogP) is 2.11. The zero-order chi connectivity index (χ0) is 16.6. The molecule has 0 amide bonds. The molecule has 4 aliphatic rings. The van der Waals surface area contributed by atoms with Gasteiger partial charge in [0.05, 0.1) is 0 Å². The van der Waals surface area contributed by atoms with E-state index in [0.717, 1.165) is 42.8 Å². The summed E-state index contributed by atoms with van der Waals surface area (Å²) in [5.41, 5.74) is 0. The second-order valence-corrected chi connectivity index (χ2v) is 8.66. The van der Waals surface area contributed by atoms with Crippen LogP contribution in [0.5, 0.6) is 0 Å². The Morgan fingerprint density at radius 3 is 2.48 bits per heavy atom. The van der Waals surface area contributed by atoms with Crippen molar-refractivity contribution in [1.29, 1.82) is 0 Å². The molecule has 0 bridgehead atoms. The third kappa shape index (κ3) is 3.41. The monoisotopic (exact) mass is 341 g/mol. The van der Waals surface area contributed by atoms with Crippen molar-refractivity contribution in [3.05, 3.63) is 18.5 Å². The van der Waals surface area contributed by atoms with E-state index in [-0.39, 0.29) is 0 Å². The third-order valence-corrected chi connectivity index (χ3v) is 6.97. The summed E-state index contributed by atoms with van der Waals surface area (Å²) in [5.74, 6) is 3.83. The standard InChI is InChI=1S/C20H31N5/c1-3-17-14-23(13-16-5-6-16)15-18(17)19(4-1)24-9-11-25(12-10-24)20-21-7-2-8-22-20/h2,7-8,16-19H,1,3-6,9-15H2/t17-,18+,19-/m1/s1. The molecule has 3 atom stereocenters. The number of anilines is 1. The van der Waals surface area contributed by atoms with Gasteiger partial charge in [0, 0.05) is 64.2 Å². The molecule has 0 aromatic carbocycles. The number of hydrogen-bond donors (Lipinski definition) is 0. The number of aromatic nitrogens is 2. The van der Waals surface area contributed by atoms with E-state index in [1.54, 1.807) is 0 Å². The van der Waals surface area contributed by atoms with Crippen LogP contribution >= 0.6 is 0 Å². The number of nitrogens with zero attached hydrogens (tertiary/aromatic N) is 5. The molecule has 4 fully saturated rings. The zero-order valence-electron chi connectivity index (χ0n) is 15.3. The largest absolute Gasteiger partial charge is 0.338 e. The topological polar surface area (TPSA) is 35.5 Å². The van der Waals surface area contributed by atoms with Gasteiger partial charge in [0.2, 0.25) is 5.95 Å². The summed E-state index contributed by atoms with van der Waals surface area (Å²) in [6.45, 7) is 8.64. The van der Waals surface area contributed by atoms with E-state index >= 15 is 0 Å². The molecule has 2 saturated carbocycles. The summed E-state index contributed by atoms with van der Waals surface area (Å²) in [6, 6.07) is 2.72. The fraction of sp³-hybridized carbons (Fsp3) is 0.800. The van der Waals surface area contributed by atoms with Gasteiger partial charge in [0.25, 0.3) is 0 Å². The van der Waals surface area contributed by atoms with Gasteiger partial charge in [-0.1, -0.05) is 6.42 Å². The highest BCUT2D eigenvalue weighted by molar-refractivity contribution is 5.29. The Labute approximate surface area is 151 Å². The summed E-state index contributed by atoms with van der Waals surface area (Å²) in [7, 11) is 0. The van der Waals surface area contributed by atoms with Gasteiger partial charge < -0.3 is 9.80 Å². The molecular weight excluding hydrogens is 310 g/mol. The lowest BCUT2D eigenvalue weighted by Gasteiger charge is -2.45. The molecule has 5 nitrogen and oxygen atoms in total. The highest BCUT2D eigenvalue weighted by Crippen LogP contribution is 2.41. The van der Waals surface area contributed by atoms with Gasteiger partial charge in [-0.2, -0.15) is 0 Å². The molecule has 2 saturated heterocycles. The fourth-order valence-electron chi connectivity index (χ4n) is 5.51. The van der Waals surface area contributed by atoms with Crippen molar-refractivity contribution in [2.75, 3.05) is 50.7 Å². The van der Waals surface area contributed by atoms with E-state index in [2.05, 4.69) is 24.7 Å². The highest BCUT2D eigenvalue weighted by atomic mass is 15.3. The zero-order valence-corrected chi connectivity index (χ0v) is 15.3. The Kier molecular flexibility index (Phi) is 4.38. The Morgan fingerprint density at radius 2 is 1.72 bits per heavy atom. The number of likely N-dealkylation sites (tertiary alicyclic amines) is 1. The van der Waals surface area contributed by atoms with Crippen LogP contribution in [0.2, 0.25) is 0 Å². The SMILES string of the molecule is c1cnc(N2CCN([C@@H]3CCC[C@@H]4CN(CC5CC5)C[C@@H]43)CC2)nc1. The van der Waals surface area contributed by atoms with E-state index in [1.165, 1.54) is 64.8 Å². The van der Waals surface area contributed by atoms with E-state index in [4.69, 9.17) is 0 Å². The first-order valence-corrected chi connectivity index (χ1v) is 10.4. The molecule has 25 heavy (non-hydrogen) atoms. The number of rotatable bonds is 4. The summed E-state index contributed by atoms with van der Waals surface area (Å²) >= 11 is 0. The van der Waals surface area contributed by atoms with Crippen LogP contribution in [0, 0.1) is 17.8 Å². The van der Waals surface area contributed by atoms with Gasteiger partial charge in [-0.15, -0.1) is 0 Å². The van der Waals surface area contributed by atoms with Crippen LogP contribution in [0.25, 0.3) is 0 Å². The molecule has 0 N–H and O–H groups in total. The maximum atomic E-state index is 4.43. The van der Waals surface area contributed by atoms with Crippen LogP contribution in [0.4, 0.5) is 5.95 Å². The molecule has 0 unspecified atom stereocenters.